The molecule has 10 heteroatoms. The highest BCUT2D eigenvalue weighted by atomic mass is 35.5. The van der Waals surface area contributed by atoms with Crippen LogP contribution in [0, 0.1) is 5.82 Å². The van der Waals surface area contributed by atoms with Gasteiger partial charge in [-0.15, -0.1) is 0 Å². The number of carboxylic acids is 1. The summed E-state index contributed by atoms with van der Waals surface area (Å²) in [5, 5.41) is 9.62. The molecule has 8 nitrogen and oxygen atoms in total. The van der Waals surface area contributed by atoms with E-state index in [9.17, 15) is 18.8 Å². The van der Waals surface area contributed by atoms with Crippen LogP contribution in [0.1, 0.15) is 83.6 Å². The molecule has 0 aliphatic carbocycles. The van der Waals surface area contributed by atoms with Gasteiger partial charge in [0, 0.05) is 55.2 Å². The Bertz CT molecular complexity index is 1490. The molecule has 0 saturated carbocycles. The smallest absolute Gasteiger partial charge is 0.303 e. The maximum atomic E-state index is 14.3. The van der Waals surface area contributed by atoms with Gasteiger partial charge in [0.25, 0.3) is 5.91 Å². The first-order chi connectivity index (χ1) is 19.7. The molecular formula is C32H40ClFN4O4. The van der Waals surface area contributed by atoms with E-state index in [1.165, 1.54) is 12.1 Å². The van der Waals surface area contributed by atoms with E-state index in [4.69, 9.17) is 21.7 Å². The molecule has 1 aromatic carbocycles. The zero-order chi connectivity index (χ0) is 30.8. The monoisotopic (exact) mass is 598 g/mol. The number of carbonyl (C=O) groups is 3. The van der Waals surface area contributed by atoms with Gasteiger partial charge >= 0.3 is 5.97 Å². The molecule has 0 atom stereocenters. The quantitative estimate of drug-likeness (QED) is 0.275. The van der Waals surface area contributed by atoms with Crippen LogP contribution >= 0.6 is 11.6 Å². The Labute approximate surface area is 251 Å². The van der Waals surface area contributed by atoms with Crippen molar-refractivity contribution in [2.75, 3.05) is 19.6 Å². The summed E-state index contributed by atoms with van der Waals surface area (Å²) < 4.78 is 16.3. The molecule has 1 saturated heterocycles. The van der Waals surface area contributed by atoms with Gasteiger partial charge < -0.3 is 19.5 Å². The van der Waals surface area contributed by atoms with E-state index in [1.807, 2.05) is 56.3 Å². The molecule has 1 N–H and O–H groups in total. The zero-order valence-corrected chi connectivity index (χ0v) is 25.8. The number of nitrogens with zero attached hydrogens (tertiary/aromatic N) is 4. The van der Waals surface area contributed by atoms with Crippen molar-refractivity contribution in [2.45, 2.75) is 84.2 Å². The first-order valence-corrected chi connectivity index (χ1v) is 14.9. The normalized spacial score (nSPS) is 15.3. The number of carbonyl (C=O) groups excluding carboxylic acids is 2. The van der Waals surface area contributed by atoms with Crippen LogP contribution in [-0.4, -0.2) is 67.4 Å². The van der Waals surface area contributed by atoms with Crippen molar-refractivity contribution in [3.8, 4) is 11.1 Å². The number of carboxylic acid groups (broad SMARTS) is 1. The largest absolute Gasteiger partial charge is 0.481 e. The predicted molar refractivity (Wildman–Crippen MR) is 162 cm³/mol. The van der Waals surface area contributed by atoms with Gasteiger partial charge in [0.2, 0.25) is 5.91 Å². The van der Waals surface area contributed by atoms with Gasteiger partial charge in [-0.25, -0.2) is 9.37 Å². The standard InChI is InChI=1S/C32H40ClFN4O4/c1-31(2,3)38-19-23(21-12-14-24(33)25(34)18-21)22-13-15-26(35-29(22)38)30(42)37-17-16-36(20-32(37,4)5)27(39)10-8-6-7-9-11-28(40)41/h12-15,18-19H,6-11,16-17,20H2,1-5H3,(H,40,41). The Morgan fingerprint density at radius 3 is 2.33 bits per heavy atom. The summed E-state index contributed by atoms with van der Waals surface area (Å²) in [5.74, 6) is -1.44. The molecule has 1 fully saturated rings. The van der Waals surface area contributed by atoms with Crippen LogP contribution in [0.3, 0.4) is 0 Å². The molecule has 4 rings (SSSR count). The summed E-state index contributed by atoms with van der Waals surface area (Å²) in [6.07, 6.45) is 5.47. The summed E-state index contributed by atoms with van der Waals surface area (Å²) in [4.78, 5) is 45.8. The fourth-order valence-electron chi connectivity index (χ4n) is 5.57. The van der Waals surface area contributed by atoms with Crippen LogP contribution in [0.2, 0.25) is 5.02 Å². The summed E-state index contributed by atoms with van der Waals surface area (Å²) in [7, 11) is 0. The van der Waals surface area contributed by atoms with E-state index < -0.39 is 17.3 Å². The van der Waals surface area contributed by atoms with Gasteiger partial charge in [-0.3, -0.25) is 14.4 Å². The molecule has 226 valence electrons. The average Bonchev–Trinajstić information content (AvgIpc) is 3.30. The number of hydrogen-bond donors (Lipinski definition) is 1. The van der Waals surface area contributed by atoms with E-state index in [0.29, 0.717) is 49.4 Å². The Balaban J connectivity index is 1.51. The summed E-state index contributed by atoms with van der Waals surface area (Å²) in [6.45, 7) is 11.3. The molecule has 2 amide bonds. The Morgan fingerprint density at radius 1 is 1.02 bits per heavy atom. The van der Waals surface area contributed by atoms with Crippen molar-refractivity contribution in [1.82, 2.24) is 19.4 Å². The number of piperazine rings is 1. The third-order valence-corrected chi connectivity index (χ3v) is 8.16. The van der Waals surface area contributed by atoms with Crippen LogP contribution < -0.4 is 0 Å². The zero-order valence-electron chi connectivity index (χ0n) is 25.0. The van der Waals surface area contributed by atoms with Gasteiger partial charge in [-0.2, -0.15) is 0 Å². The van der Waals surface area contributed by atoms with Gasteiger partial charge in [-0.1, -0.05) is 30.5 Å². The number of benzene rings is 1. The van der Waals surface area contributed by atoms with Crippen molar-refractivity contribution >= 4 is 40.4 Å². The van der Waals surface area contributed by atoms with Crippen molar-refractivity contribution in [3.63, 3.8) is 0 Å². The lowest BCUT2D eigenvalue weighted by Gasteiger charge is -2.47. The topological polar surface area (TPSA) is 95.7 Å². The van der Waals surface area contributed by atoms with Crippen molar-refractivity contribution in [1.29, 1.82) is 0 Å². The van der Waals surface area contributed by atoms with Crippen LogP contribution in [0.4, 0.5) is 4.39 Å². The number of amides is 2. The number of aliphatic carboxylic acids is 1. The molecule has 2 aromatic heterocycles. The number of rotatable bonds is 9. The van der Waals surface area contributed by atoms with Gasteiger partial charge in [0.05, 0.1) is 10.6 Å². The minimum absolute atomic E-state index is 0.0571. The molecule has 3 aromatic rings. The average molecular weight is 599 g/mol. The highest BCUT2D eigenvalue weighted by Crippen LogP contribution is 2.35. The first kappa shape index (κ1) is 31.5. The molecule has 0 spiro atoms. The second kappa shape index (κ2) is 12.4. The number of unbranched alkanes of at least 4 members (excludes halogenated alkanes) is 3. The van der Waals surface area contributed by atoms with E-state index in [-0.39, 0.29) is 28.8 Å². The Kier molecular flexibility index (Phi) is 9.30. The van der Waals surface area contributed by atoms with Crippen molar-refractivity contribution in [3.05, 3.63) is 53.1 Å². The van der Waals surface area contributed by atoms with E-state index in [1.54, 1.807) is 17.0 Å². The molecule has 42 heavy (non-hydrogen) atoms. The fraction of sp³-hybridized carbons (Fsp3) is 0.500. The van der Waals surface area contributed by atoms with Crippen molar-refractivity contribution < 1.29 is 23.9 Å². The van der Waals surface area contributed by atoms with Crippen LogP contribution in [0.15, 0.2) is 36.5 Å². The SMILES string of the molecule is CC1(C)CN(C(=O)CCCCCCC(=O)O)CCN1C(=O)c1ccc2c(-c3ccc(Cl)c(F)c3)cn(C(C)(C)C)c2n1. The highest BCUT2D eigenvalue weighted by Gasteiger charge is 2.39. The lowest BCUT2D eigenvalue weighted by molar-refractivity contribution is -0.137. The summed E-state index contributed by atoms with van der Waals surface area (Å²) >= 11 is 5.92. The van der Waals surface area contributed by atoms with E-state index in [2.05, 4.69) is 0 Å². The molecule has 3 heterocycles. The molecule has 0 unspecified atom stereocenters. The fourth-order valence-corrected chi connectivity index (χ4v) is 5.69. The molecule has 1 aliphatic heterocycles. The number of aromatic nitrogens is 2. The van der Waals surface area contributed by atoms with Gasteiger partial charge in [0.15, 0.2) is 0 Å². The maximum absolute atomic E-state index is 14.3. The second-order valence-electron chi connectivity index (χ2n) is 12.7. The molecule has 0 radical (unpaired) electrons. The Hall–Kier alpha value is -3.46. The lowest BCUT2D eigenvalue weighted by Crippen LogP contribution is -2.62. The summed E-state index contributed by atoms with van der Waals surface area (Å²) in [5.41, 5.74) is 1.48. The van der Waals surface area contributed by atoms with E-state index in [0.717, 1.165) is 30.2 Å². The van der Waals surface area contributed by atoms with Gasteiger partial charge in [0.1, 0.15) is 17.2 Å². The van der Waals surface area contributed by atoms with Crippen LogP contribution in [-0.2, 0) is 15.1 Å². The first-order valence-electron chi connectivity index (χ1n) is 14.5. The number of pyridine rings is 1. The molecule has 1 aliphatic rings. The number of halogens is 2. The van der Waals surface area contributed by atoms with Crippen LogP contribution in [0.25, 0.3) is 22.2 Å². The van der Waals surface area contributed by atoms with E-state index >= 15 is 0 Å². The second-order valence-corrected chi connectivity index (χ2v) is 13.1. The van der Waals surface area contributed by atoms with Gasteiger partial charge in [-0.05, 0) is 77.3 Å². The minimum atomic E-state index is -0.793. The lowest BCUT2D eigenvalue weighted by atomic mass is 9.97. The highest BCUT2D eigenvalue weighted by molar-refractivity contribution is 6.30. The predicted octanol–water partition coefficient (Wildman–Crippen LogP) is 6.74. The minimum Gasteiger partial charge on any atom is -0.481 e. The summed E-state index contributed by atoms with van der Waals surface area (Å²) in [6, 6.07) is 8.29. The molecular weight excluding hydrogens is 559 g/mol. The van der Waals surface area contributed by atoms with Crippen molar-refractivity contribution in [2.24, 2.45) is 0 Å². The third kappa shape index (κ3) is 6.94. The Morgan fingerprint density at radius 2 is 1.71 bits per heavy atom. The third-order valence-electron chi connectivity index (χ3n) is 7.86. The maximum Gasteiger partial charge on any atom is 0.303 e. The van der Waals surface area contributed by atoms with Crippen LogP contribution in [0.5, 0.6) is 0 Å². The molecule has 0 bridgehead atoms. The number of fused-ring (bicyclic) bond motifs is 1. The number of hydrogen-bond acceptors (Lipinski definition) is 4.